The Labute approximate surface area is 268 Å². The average Bonchev–Trinajstić information content (AvgIpc) is 3.63. The maximum absolute atomic E-state index is 6.58. The molecule has 0 aliphatic rings. The molecule has 3 heterocycles. The quantitative estimate of drug-likeness (QED) is 0.202. The van der Waals surface area contributed by atoms with Crippen LogP contribution in [0.5, 0.6) is 0 Å². The number of aromatic nitrogens is 4. The molecular formula is C41H34N4O. The van der Waals surface area contributed by atoms with Crippen LogP contribution in [0.25, 0.3) is 72.4 Å². The Hall–Kier alpha value is -5.55. The van der Waals surface area contributed by atoms with Crippen LogP contribution in [-0.4, -0.2) is 19.5 Å². The summed E-state index contributed by atoms with van der Waals surface area (Å²) in [6.45, 7) is 10.8. The second-order valence-corrected chi connectivity index (χ2v) is 13.0. The fourth-order valence-corrected chi connectivity index (χ4v) is 6.51. The Bertz CT molecular complexity index is 2350. The molecule has 0 radical (unpaired) electrons. The molecule has 5 aromatic carbocycles. The highest BCUT2D eigenvalue weighted by Crippen LogP contribution is 2.45. The van der Waals surface area contributed by atoms with Crippen molar-refractivity contribution in [1.29, 1.82) is 0 Å². The highest BCUT2D eigenvalue weighted by Gasteiger charge is 2.27. The average molecular weight is 599 g/mol. The number of fused-ring (bicyclic) bond motifs is 4. The van der Waals surface area contributed by atoms with Gasteiger partial charge in [0.05, 0.1) is 27.7 Å². The molecule has 0 amide bonds. The van der Waals surface area contributed by atoms with Gasteiger partial charge in [0.15, 0.2) is 0 Å². The highest BCUT2D eigenvalue weighted by atomic mass is 16.3. The fourth-order valence-electron chi connectivity index (χ4n) is 6.51. The van der Waals surface area contributed by atoms with Gasteiger partial charge in [0.1, 0.15) is 17.2 Å². The lowest BCUT2D eigenvalue weighted by molar-refractivity contribution is 0.590. The van der Waals surface area contributed by atoms with E-state index in [0.29, 0.717) is 11.5 Å². The van der Waals surface area contributed by atoms with Crippen LogP contribution < -0.4 is 0 Å². The number of hydrogen-bond acceptors (Lipinski definition) is 4. The van der Waals surface area contributed by atoms with Crippen molar-refractivity contribution in [2.75, 3.05) is 0 Å². The van der Waals surface area contributed by atoms with Crippen molar-refractivity contribution in [1.82, 2.24) is 19.5 Å². The van der Waals surface area contributed by atoms with E-state index in [1.807, 2.05) is 19.2 Å². The lowest BCUT2D eigenvalue weighted by atomic mass is 9.82. The molecule has 0 unspecified atom stereocenters. The molecule has 0 aliphatic carbocycles. The van der Waals surface area contributed by atoms with E-state index in [0.717, 1.165) is 72.3 Å². The molecule has 0 saturated heterocycles. The maximum Gasteiger partial charge on any atom is 0.230 e. The summed E-state index contributed by atoms with van der Waals surface area (Å²) in [6.07, 6.45) is 1.87. The minimum Gasteiger partial charge on any atom is -0.437 e. The second kappa shape index (κ2) is 10.5. The highest BCUT2D eigenvalue weighted by molar-refractivity contribution is 6.10. The van der Waals surface area contributed by atoms with Crippen LogP contribution in [-0.2, 0) is 5.41 Å². The van der Waals surface area contributed by atoms with Gasteiger partial charge in [0.2, 0.25) is 5.71 Å². The van der Waals surface area contributed by atoms with Gasteiger partial charge in [-0.3, -0.25) is 4.57 Å². The molecule has 5 nitrogen and oxygen atoms in total. The molecule has 0 aliphatic heterocycles. The number of aryl methyl sites for hydroxylation is 2. The van der Waals surface area contributed by atoms with Crippen molar-refractivity contribution in [3.63, 3.8) is 0 Å². The topological polar surface area (TPSA) is 56.7 Å². The van der Waals surface area contributed by atoms with Gasteiger partial charge in [-0.15, -0.1) is 0 Å². The molecule has 8 aromatic rings. The van der Waals surface area contributed by atoms with Crippen LogP contribution in [0.3, 0.4) is 0 Å². The lowest BCUT2D eigenvalue weighted by Crippen LogP contribution is -2.13. The van der Waals surface area contributed by atoms with E-state index in [1.165, 1.54) is 5.56 Å². The van der Waals surface area contributed by atoms with E-state index in [-0.39, 0.29) is 5.41 Å². The maximum atomic E-state index is 6.58. The smallest absolute Gasteiger partial charge is 0.230 e. The Morgan fingerprint density at radius 2 is 1.30 bits per heavy atom. The number of para-hydroxylation sites is 2. The minimum atomic E-state index is -0.0675. The van der Waals surface area contributed by atoms with E-state index < -0.39 is 0 Å². The third-order valence-corrected chi connectivity index (χ3v) is 8.88. The summed E-state index contributed by atoms with van der Waals surface area (Å²) in [5.74, 6) is 1.49. The lowest BCUT2D eigenvalue weighted by Gasteiger charge is -2.26. The molecule has 0 fully saturated rings. The largest absolute Gasteiger partial charge is 0.437 e. The molecule has 0 saturated carbocycles. The van der Waals surface area contributed by atoms with Crippen LogP contribution in [0.4, 0.5) is 0 Å². The molecule has 5 heteroatoms. The SMILES string of the molecule is Cc1ncc2c(n1)oc1c(-c3nc4ccccc4n3-c3c(-c4ccccc4)cc(C(C)(C)C)cc3-c3ccccc3)ccc(C)c12. The van der Waals surface area contributed by atoms with Crippen LogP contribution >= 0.6 is 0 Å². The van der Waals surface area contributed by atoms with Crippen LogP contribution in [0, 0.1) is 13.8 Å². The van der Waals surface area contributed by atoms with E-state index in [9.17, 15) is 0 Å². The Morgan fingerprint density at radius 1 is 0.674 bits per heavy atom. The zero-order valence-corrected chi connectivity index (χ0v) is 26.7. The first-order valence-corrected chi connectivity index (χ1v) is 15.7. The zero-order valence-electron chi connectivity index (χ0n) is 26.7. The number of imidazole rings is 1. The first kappa shape index (κ1) is 28.0. The van der Waals surface area contributed by atoms with E-state index in [4.69, 9.17) is 9.40 Å². The van der Waals surface area contributed by atoms with Crippen molar-refractivity contribution in [2.45, 2.75) is 40.0 Å². The normalized spacial score (nSPS) is 12.0. The Balaban J connectivity index is 1.55. The van der Waals surface area contributed by atoms with Crippen LogP contribution in [0.2, 0.25) is 0 Å². The van der Waals surface area contributed by atoms with E-state index >= 15 is 0 Å². The monoisotopic (exact) mass is 598 g/mol. The standard InChI is InChI=1S/C41H34N4O/c1-25-20-21-30(38-36(25)33-24-42-26(2)43-40(33)46-38)39-44-34-18-12-13-19-35(34)45(39)37-31(27-14-8-6-9-15-27)22-29(41(3,4)5)23-32(37)28-16-10-7-11-17-28/h6-24H,1-5H3. The first-order valence-electron chi connectivity index (χ1n) is 15.7. The Morgan fingerprint density at radius 3 is 1.96 bits per heavy atom. The molecule has 0 bridgehead atoms. The third kappa shape index (κ3) is 4.50. The second-order valence-electron chi connectivity index (χ2n) is 13.0. The predicted octanol–water partition coefficient (Wildman–Crippen LogP) is 10.6. The van der Waals surface area contributed by atoms with E-state index in [1.54, 1.807) is 0 Å². The van der Waals surface area contributed by atoms with Gasteiger partial charge in [-0.25, -0.2) is 9.97 Å². The van der Waals surface area contributed by atoms with Gasteiger partial charge in [0, 0.05) is 22.7 Å². The van der Waals surface area contributed by atoms with Gasteiger partial charge < -0.3 is 4.42 Å². The summed E-state index contributed by atoms with van der Waals surface area (Å²) >= 11 is 0. The van der Waals surface area contributed by atoms with Gasteiger partial charge in [-0.05, 0) is 71.8 Å². The van der Waals surface area contributed by atoms with Gasteiger partial charge >= 0.3 is 0 Å². The van der Waals surface area contributed by atoms with Gasteiger partial charge in [0.25, 0.3) is 0 Å². The number of hydrogen-bond donors (Lipinski definition) is 0. The van der Waals surface area contributed by atoms with Crippen molar-refractivity contribution < 1.29 is 4.42 Å². The van der Waals surface area contributed by atoms with Crippen molar-refractivity contribution >= 4 is 33.1 Å². The fraction of sp³-hybridized carbons (Fsp3) is 0.146. The molecule has 46 heavy (non-hydrogen) atoms. The number of rotatable bonds is 4. The Kier molecular flexibility index (Phi) is 6.40. The van der Waals surface area contributed by atoms with Crippen LogP contribution in [0.15, 0.2) is 120 Å². The van der Waals surface area contributed by atoms with Gasteiger partial charge in [-0.2, -0.15) is 4.98 Å². The summed E-state index contributed by atoms with van der Waals surface area (Å²) < 4.78 is 8.91. The summed E-state index contributed by atoms with van der Waals surface area (Å²) in [5, 5.41) is 1.92. The van der Waals surface area contributed by atoms with Crippen molar-refractivity contribution in [2.24, 2.45) is 0 Å². The summed E-state index contributed by atoms with van der Waals surface area (Å²) in [6, 6.07) is 38.8. The summed E-state index contributed by atoms with van der Waals surface area (Å²) in [7, 11) is 0. The first-order chi connectivity index (χ1) is 22.3. The predicted molar refractivity (Wildman–Crippen MR) is 188 cm³/mol. The van der Waals surface area contributed by atoms with E-state index in [2.05, 4.69) is 145 Å². The molecule has 0 N–H and O–H groups in total. The molecule has 8 rings (SSSR count). The number of nitrogens with zero attached hydrogens (tertiary/aromatic N) is 4. The summed E-state index contributed by atoms with van der Waals surface area (Å²) in [5.41, 5.74) is 12.2. The summed E-state index contributed by atoms with van der Waals surface area (Å²) in [4.78, 5) is 14.5. The molecular weight excluding hydrogens is 564 g/mol. The van der Waals surface area contributed by atoms with Crippen LogP contribution in [0.1, 0.15) is 37.7 Å². The van der Waals surface area contributed by atoms with Crippen molar-refractivity contribution in [3.05, 3.63) is 132 Å². The molecule has 0 atom stereocenters. The zero-order chi connectivity index (χ0) is 31.6. The molecule has 224 valence electrons. The van der Waals surface area contributed by atoms with Gasteiger partial charge in [-0.1, -0.05) is 99.6 Å². The number of furan rings is 1. The third-order valence-electron chi connectivity index (χ3n) is 8.88. The molecule has 0 spiro atoms. The number of benzene rings is 5. The molecule has 3 aromatic heterocycles. The minimum absolute atomic E-state index is 0.0675. The van der Waals surface area contributed by atoms with Crippen molar-refractivity contribution in [3.8, 4) is 39.3 Å².